The van der Waals surface area contributed by atoms with Gasteiger partial charge in [0, 0.05) is 23.9 Å². The maximum atomic E-state index is 12.2. The van der Waals surface area contributed by atoms with Crippen molar-refractivity contribution in [3.63, 3.8) is 0 Å². The van der Waals surface area contributed by atoms with E-state index in [0.29, 0.717) is 24.5 Å². The van der Waals surface area contributed by atoms with E-state index in [1.807, 2.05) is 30.3 Å². The zero-order valence-corrected chi connectivity index (χ0v) is 11.6. The van der Waals surface area contributed by atoms with Crippen molar-refractivity contribution < 1.29 is 4.79 Å². The average molecular weight is 268 g/mol. The number of hydrogen-bond donors (Lipinski definition) is 1. The first kappa shape index (κ1) is 13.3. The molecule has 0 spiro atoms. The van der Waals surface area contributed by atoms with Gasteiger partial charge in [0.15, 0.2) is 0 Å². The predicted molar refractivity (Wildman–Crippen MR) is 80.7 cm³/mol. The van der Waals surface area contributed by atoms with Gasteiger partial charge in [-0.15, -0.1) is 0 Å². The molecule has 0 amide bonds. The molecule has 20 heavy (non-hydrogen) atoms. The second-order valence-corrected chi connectivity index (χ2v) is 5.61. The Morgan fingerprint density at radius 2 is 1.95 bits per heavy atom. The second-order valence-electron chi connectivity index (χ2n) is 5.61. The van der Waals surface area contributed by atoms with Crippen molar-refractivity contribution in [2.45, 2.75) is 25.7 Å². The van der Waals surface area contributed by atoms with Gasteiger partial charge in [0.25, 0.3) is 0 Å². The lowest BCUT2D eigenvalue weighted by Gasteiger charge is -2.21. The summed E-state index contributed by atoms with van der Waals surface area (Å²) in [5, 5.41) is 4.46. The molecule has 0 aliphatic carbocycles. The standard InChI is InChI=1S/C17H20N2O/c20-16(11-13-7-9-18-10-8-13)12-15-6-5-14-3-1-2-4-17(14)19-15/h1-6,13,18H,7-12H2. The number of piperidine rings is 1. The van der Waals surface area contributed by atoms with Crippen LogP contribution in [-0.2, 0) is 11.2 Å². The number of aromatic nitrogens is 1. The second kappa shape index (κ2) is 6.14. The number of Topliss-reactive ketones (excluding diaryl/α,β-unsaturated/α-hetero) is 1. The Balaban J connectivity index is 1.64. The van der Waals surface area contributed by atoms with Crippen molar-refractivity contribution in [3.05, 3.63) is 42.1 Å². The molecule has 1 saturated heterocycles. The van der Waals surface area contributed by atoms with E-state index in [9.17, 15) is 4.79 Å². The lowest BCUT2D eigenvalue weighted by atomic mass is 9.91. The molecule has 1 aromatic heterocycles. The number of carbonyl (C=O) groups excluding carboxylic acids is 1. The van der Waals surface area contributed by atoms with Crippen LogP contribution in [0.25, 0.3) is 10.9 Å². The van der Waals surface area contributed by atoms with E-state index >= 15 is 0 Å². The molecule has 3 heteroatoms. The largest absolute Gasteiger partial charge is 0.317 e. The van der Waals surface area contributed by atoms with Gasteiger partial charge in [-0.2, -0.15) is 0 Å². The minimum Gasteiger partial charge on any atom is -0.317 e. The third-order valence-corrected chi connectivity index (χ3v) is 4.01. The summed E-state index contributed by atoms with van der Waals surface area (Å²) in [6, 6.07) is 12.1. The van der Waals surface area contributed by atoms with Crippen LogP contribution in [0, 0.1) is 5.92 Å². The highest BCUT2D eigenvalue weighted by Gasteiger charge is 2.17. The zero-order chi connectivity index (χ0) is 13.8. The fourth-order valence-electron chi connectivity index (χ4n) is 2.89. The van der Waals surface area contributed by atoms with Crippen LogP contribution in [0.3, 0.4) is 0 Å². The molecule has 1 aliphatic rings. The zero-order valence-electron chi connectivity index (χ0n) is 11.6. The van der Waals surface area contributed by atoms with Crippen LogP contribution >= 0.6 is 0 Å². The fourth-order valence-corrected chi connectivity index (χ4v) is 2.89. The van der Waals surface area contributed by atoms with Gasteiger partial charge in [-0.25, -0.2) is 0 Å². The monoisotopic (exact) mass is 268 g/mol. The number of pyridine rings is 1. The van der Waals surface area contributed by atoms with E-state index in [1.165, 1.54) is 0 Å². The van der Waals surface area contributed by atoms with Gasteiger partial charge in [-0.05, 0) is 44.0 Å². The van der Waals surface area contributed by atoms with Gasteiger partial charge >= 0.3 is 0 Å². The third-order valence-electron chi connectivity index (χ3n) is 4.01. The predicted octanol–water partition coefficient (Wildman–Crippen LogP) is 2.74. The van der Waals surface area contributed by atoms with E-state index in [-0.39, 0.29) is 0 Å². The average Bonchev–Trinajstić information content (AvgIpc) is 2.48. The number of benzene rings is 1. The summed E-state index contributed by atoms with van der Waals surface area (Å²) >= 11 is 0. The SMILES string of the molecule is O=C(Cc1ccc2ccccc2n1)CC1CCNCC1. The van der Waals surface area contributed by atoms with E-state index in [2.05, 4.69) is 16.4 Å². The Kier molecular flexibility index (Phi) is 4.07. The molecular weight excluding hydrogens is 248 g/mol. The minimum absolute atomic E-state index is 0.319. The first-order valence-electron chi connectivity index (χ1n) is 7.38. The summed E-state index contributed by atoms with van der Waals surface area (Å²) in [4.78, 5) is 16.7. The normalized spacial score (nSPS) is 16.4. The highest BCUT2D eigenvalue weighted by molar-refractivity contribution is 5.83. The molecule has 0 atom stereocenters. The Morgan fingerprint density at radius 1 is 1.15 bits per heavy atom. The van der Waals surface area contributed by atoms with E-state index < -0.39 is 0 Å². The van der Waals surface area contributed by atoms with E-state index in [4.69, 9.17) is 0 Å². The number of hydrogen-bond acceptors (Lipinski definition) is 3. The first-order chi connectivity index (χ1) is 9.81. The number of nitrogens with zero attached hydrogens (tertiary/aromatic N) is 1. The van der Waals surface area contributed by atoms with Crippen molar-refractivity contribution >= 4 is 16.7 Å². The van der Waals surface area contributed by atoms with Crippen molar-refractivity contribution in [2.24, 2.45) is 5.92 Å². The molecule has 0 bridgehead atoms. The Labute approximate surface area is 119 Å². The number of para-hydroxylation sites is 1. The molecule has 1 N–H and O–H groups in total. The van der Waals surface area contributed by atoms with Crippen LogP contribution in [0.1, 0.15) is 25.0 Å². The van der Waals surface area contributed by atoms with Crippen LogP contribution in [0.15, 0.2) is 36.4 Å². The number of fused-ring (bicyclic) bond motifs is 1. The molecule has 104 valence electrons. The van der Waals surface area contributed by atoms with Gasteiger partial charge in [0.1, 0.15) is 5.78 Å². The number of rotatable bonds is 4. The number of ketones is 1. The van der Waals surface area contributed by atoms with E-state index in [0.717, 1.165) is 42.5 Å². The van der Waals surface area contributed by atoms with Crippen LogP contribution in [0.2, 0.25) is 0 Å². The maximum Gasteiger partial charge on any atom is 0.139 e. The summed E-state index contributed by atoms with van der Waals surface area (Å²) < 4.78 is 0. The summed E-state index contributed by atoms with van der Waals surface area (Å²) in [6.45, 7) is 2.10. The van der Waals surface area contributed by atoms with E-state index in [1.54, 1.807) is 0 Å². The van der Waals surface area contributed by atoms with Crippen LogP contribution in [0.4, 0.5) is 0 Å². The molecule has 0 unspecified atom stereocenters. The molecule has 2 heterocycles. The van der Waals surface area contributed by atoms with Gasteiger partial charge in [-0.1, -0.05) is 24.3 Å². The third kappa shape index (κ3) is 3.23. The van der Waals surface area contributed by atoms with Crippen molar-refractivity contribution in [1.29, 1.82) is 0 Å². The van der Waals surface area contributed by atoms with Crippen LogP contribution in [0.5, 0.6) is 0 Å². The highest BCUT2D eigenvalue weighted by Crippen LogP contribution is 2.18. The van der Waals surface area contributed by atoms with Gasteiger partial charge in [-0.3, -0.25) is 9.78 Å². The first-order valence-corrected chi connectivity index (χ1v) is 7.38. The summed E-state index contributed by atoms with van der Waals surface area (Å²) in [7, 11) is 0. The summed E-state index contributed by atoms with van der Waals surface area (Å²) in [5.74, 6) is 0.879. The Hall–Kier alpha value is -1.74. The van der Waals surface area contributed by atoms with Gasteiger partial charge in [0.2, 0.25) is 0 Å². The lowest BCUT2D eigenvalue weighted by Crippen LogP contribution is -2.29. The smallest absolute Gasteiger partial charge is 0.139 e. The lowest BCUT2D eigenvalue weighted by molar-refractivity contribution is -0.119. The molecule has 3 rings (SSSR count). The fraction of sp³-hybridized carbons (Fsp3) is 0.412. The van der Waals surface area contributed by atoms with Gasteiger partial charge in [0.05, 0.1) is 5.52 Å². The molecule has 2 aromatic rings. The maximum absolute atomic E-state index is 12.2. The van der Waals surface area contributed by atoms with Crippen LogP contribution < -0.4 is 5.32 Å². The van der Waals surface area contributed by atoms with Crippen molar-refractivity contribution in [3.8, 4) is 0 Å². The molecule has 1 aromatic carbocycles. The molecular formula is C17H20N2O. The highest BCUT2D eigenvalue weighted by atomic mass is 16.1. The molecule has 0 radical (unpaired) electrons. The molecule has 3 nitrogen and oxygen atoms in total. The summed E-state index contributed by atoms with van der Waals surface area (Å²) in [6.07, 6.45) is 3.42. The van der Waals surface area contributed by atoms with Crippen molar-refractivity contribution in [1.82, 2.24) is 10.3 Å². The molecule has 0 saturated carbocycles. The Bertz CT molecular complexity index is 603. The number of carbonyl (C=O) groups is 1. The Morgan fingerprint density at radius 3 is 2.80 bits per heavy atom. The van der Waals surface area contributed by atoms with Crippen molar-refractivity contribution in [2.75, 3.05) is 13.1 Å². The topological polar surface area (TPSA) is 42.0 Å². The quantitative estimate of drug-likeness (QED) is 0.927. The van der Waals surface area contributed by atoms with Crippen LogP contribution in [-0.4, -0.2) is 23.9 Å². The minimum atomic E-state index is 0.319. The number of nitrogens with one attached hydrogen (secondary N) is 1. The van der Waals surface area contributed by atoms with Gasteiger partial charge < -0.3 is 5.32 Å². The molecule has 1 aliphatic heterocycles. The molecule has 1 fully saturated rings. The summed E-state index contributed by atoms with van der Waals surface area (Å²) in [5.41, 5.74) is 1.86.